The number of primary amides is 1. The van der Waals surface area contributed by atoms with E-state index in [-0.39, 0.29) is 5.56 Å². The summed E-state index contributed by atoms with van der Waals surface area (Å²) in [5.41, 5.74) is 7.97. The highest BCUT2D eigenvalue weighted by Crippen LogP contribution is 2.27. The van der Waals surface area contributed by atoms with Gasteiger partial charge in [0.1, 0.15) is 5.82 Å². The summed E-state index contributed by atoms with van der Waals surface area (Å²) in [4.78, 5) is 26.5. The maximum Gasteiger partial charge on any atom is 0.253 e. The van der Waals surface area contributed by atoms with Crippen molar-refractivity contribution in [1.82, 2.24) is 14.8 Å². The topological polar surface area (TPSA) is 93.8 Å². The minimum Gasteiger partial charge on any atom is -0.366 e. The predicted octanol–water partition coefficient (Wildman–Crippen LogP) is 2.60. The molecule has 122 valence electrons. The van der Waals surface area contributed by atoms with Crippen LogP contribution in [0, 0.1) is 13.8 Å². The third-order valence-corrected chi connectivity index (χ3v) is 4.12. The number of aromatic amines is 1. The summed E-state index contributed by atoms with van der Waals surface area (Å²) in [7, 11) is 0. The van der Waals surface area contributed by atoms with Gasteiger partial charge in [0, 0.05) is 22.8 Å². The number of H-pyrrole nitrogens is 1. The summed E-state index contributed by atoms with van der Waals surface area (Å²) in [6, 6.07) is 10.4. The Kier molecular flexibility index (Phi) is 3.99. The van der Waals surface area contributed by atoms with Crippen molar-refractivity contribution in [2.75, 3.05) is 0 Å². The zero-order valence-corrected chi connectivity index (χ0v) is 13.9. The summed E-state index contributed by atoms with van der Waals surface area (Å²) in [5, 5.41) is 4.75. The molecule has 0 bridgehead atoms. The van der Waals surface area contributed by atoms with Gasteiger partial charge in [-0.3, -0.25) is 9.59 Å². The van der Waals surface area contributed by atoms with Gasteiger partial charge < -0.3 is 10.7 Å². The van der Waals surface area contributed by atoms with Gasteiger partial charge in [-0.25, -0.2) is 4.68 Å². The van der Waals surface area contributed by atoms with E-state index in [0.29, 0.717) is 33.2 Å². The van der Waals surface area contributed by atoms with Gasteiger partial charge in [-0.2, -0.15) is 5.10 Å². The van der Waals surface area contributed by atoms with Crippen LogP contribution in [-0.4, -0.2) is 20.7 Å². The number of hydrogen-bond acceptors (Lipinski definition) is 3. The number of benzene rings is 1. The van der Waals surface area contributed by atoms with Gasteiger partial charge in [0.25, 0.3) is 5.56 Å². The SMILES string of the molecule is Cc1cc(-c2ccccc2C(N)=O)n(-c2cc(Cl)c(C)c(=O)[nH]2)n1. The minimum atomic E-state index is -0.536. The lowest BCUT2D eigenvalue weighted by molar-refractivity contribution is 0.100. The molecule has 0 aliphatic rings. The van der Waals surface area contributed by atoms with Crippen LogP contribution in [-0.2, 0) is 0 Å². The molecule has 6 nitrogen and oxygen atoms in total. The smallest absolute Gasteiger partial charge is 0.253 e. The molecular weight excluding hydrogens is 328 g/mol. The van der Waals surface area contributed by atoms with Crippen LogP contribution in [0.1, 0.15) is 21.6 Å². The highest BCUT2D eigenvalue weighted by molar-refractivity contribution is 6.31. The van der Waals surface area contributed by atoms with Gasteiger partial charge >= 0.3 is 0 Å². The van der Waals surface area contributed by atoms with Crippen LogP contribution in [0.15, 0.2) is 41.2 Å². The first kappa shape index (κ1) is 16.0. The Bertz CT molecular complexity index is 1000. The van der Waals surface area contributed by atoms with E-state index >= 15 is 0 Å². The molecule has 7 heteroatoms. The Morgan fingerprint density at radius 1 is 1.25 bits per heavy atom. The van der Waals surface area contributed by atoms with Crippen molar-refractivity contribution in [2.24, 2.45) is 5.73 Å². The van der Waals surface area contributed by atoms with E-state index in [2.05, 4.69) is 10.1 Å². The zero-order valence-electron chi connectivity index (χ0n) is 13.1. The maximum absolute atomic E-state index is 12.0. The van der Waals surface area contributed by atoms with Gasteiger partial charge in [0.2, 0.25) is 5.91 Å². The molecule has 2 aromatic heterocycles. The number of halogens is 1. The first-order chi connectivity index (χ1) is 11.4. The van der Waals surface area contributed by atoms with Crippen LogP contribution < -0.4 is 11.3 Å². The first-order valence-electron chi connectivity index (χ1n) is 7.24. The van der Waals surface area contributed by atoms with E-state index in [1.165, 1.54) is 0 Å². The number of rotatable bonds is 3. The van der Waals surface area contributed by atoms with E-state index in [0.717, 1.165) is 5.69 Å². The number of amides is 1. The zero-order chi connectivity index (χ0) is 17.4. The number of carbonyl (C=O) groups is 1. The Labute approximate surface area is 142 Å². The van der Waals surface area contributed by atoms with E-state index in [1.807, 2.05) is 13.0 Å². The Morgan fingerprint density at radius 2 is 1.96 bits per heavy atom. The molecule has 3 aromatic rings. The molecule has 0 saturated carbocycles. The standard InChI is InChI=1S/C17H15ClN4O2/c1-9-7-14(11-5-3-4-6-12(11)16(19)23)22(21-9)15-8-13(18)10(2)17(24)20-15/h3-8H,1-2H3,(H2,19,23)(H,20,24). The summed E-state index contributed by atoms with van der Waals surface area (Å²) in [5.74, 6) is -0.121. The lowest BCUT2D eigenvalue weighted by Crippen LogP contribution is -2.16. The second kappa shape index (κ2) is 5.98. The van der Waals surface area contributed by atoms with Gasteiger partial charge in [0.05, 0.1) is 16.4 Å². The number of carbonyl (C=O) groups excluding carboxylic acids is 1. The van der Waals surface area contributed by atoms with Crippen molar-refractivity contribution in [1.29, 1.82) is 0 Å². The van der Waals surface area contributed by atoms with Crippen molar-refractivity contribution in [3.05, 3.63) is 68.6 Å². The van der Waals surface area contributed by atoms with E-state index in [4.69, 9.17) is 17.3 Å². The number of pyridine rings is 1. The van der Waals surface area contributed by atoms with E-state index < -0.39 is 5.91 Å². The molecule has 1 aromatic carbocycles. The van der Waals surface area contributed by atoms with Crippen LogP contribution in [0.5, 0.6) is 0 Å². The van der Waals surface area contributed by atoms with Crippen molar-refractivity contribution in [3.63, 3.8) is 0 Å². The lowest BCUT2D eigenvalue weighted by Gasteiger charge is -2.11. The largest absolute Gasteiger partial charge is 0.366 e. The molecule has 0 aliphatic carbocycles. The second-order valence-electron chi connectivity index (χ2n) is 5.45. The Morgan fingerprint density at radius 3 is 2.62 bits per heavy atom. The van der Waals surface area contributed by atoms with Gasteiger partial charge in [-0.1, -0.05) is 29.8 Å². The van der Waals surface area contributed by atoms with Gasteiger partial charge in [-0.05, 0) is 26.0 Å². The van der Waals surface area contributed by atoms with Gasteiger partial charge in [-0.15, -0.1) is 0 Å². The molecule has 2 heterocycles. The summed E-state index contributed by atoms with van der Waals surface area (Å²) >= 11 is 6.12. The molecule has 0 saturated heterocycles. The van der Waals surface area contributed by atoms with Crippen LogP contribution in [0.2, 0.25) is 5.02 Å². The molecule has 0 aliphatic heterocycles. The number of nitrogens with two attached hydrogens (primary N) is 1. The highest BCUT2D eigenvalue weighted by atomic mass is 35.5. The molecule has 24 heavy (non-hydrogen) atoms. The summed E-state index contributed by atoms with van der Waals surface area (Å²) < 4.78 is 1.55. The lowest BCUT2D eigenvalue weighted by atomic mass is 10.0. The monoisotopic (exact) mass is 342 g/mol. The fraction of sp³-hybridized carbons (Fsp3) is 0.118. The minimum absolute atomic E-state index is 0.292. The number of nitrogens with zero attached hydrogens (tertiary/aromatic N) is 2. The molecule has 0 atom stereocenters. The summed E-state index contributed by atoms with van der Waals surface area (Å²) in [6.45, 7) is 3.46. The van der Waals surface area contributed by atoms with Gasteiger partial charge in [0.15, 0.2) is 0 Å². The molecule has 3 N–H and O–H groups in total. The number of nitrogens with one attached hydrogen (secondary N) is 1. The van der Waals surface area contributed by atoms with Crippen LogP contribution in [0.25, 0.3) is 17.1 Å². The fourth-order valence-electron chi connectivity index (χ4n) is 2.49. The molecule has 1 amide bonds. The second-order valence-corrected chi connectivity index (χ2v) is 5.86. The normalized spacial score (nSPS) is 10.8. The Hall–Kier alpha value is -2.86. The first-order valence-corrected chi connectivity index (χ1v) is 7.62. The average Bonchev–Trinajstić information content (AvgIpc) is 2.94. The maximum atomic E-state index is 12.0. The van der Waals surface area contributed by atoms with Crippen LogP contribution in [0.4, 0.5) is 0 Å². The molecule has 0 fully saturated rings. The van der Waals surface area contributed by atoms with Crippen molar-refractivity contribution < 1.29 is 4.79 Å². The number of aromatic nitrogens is 3. The molecule has 0 spiro atoms. The van der Waals surface area contributed by atoms with E-state index in [1.54, 1.807) is 41.9 Å². The Balaban J connectivity index is 2.28. The van der Waals surface area contributed by atoms with Crippen molar-refractivity contribution in [3.8, 4) is 17.1 Å². The third-order valence-electron chi connectivity index (χ3n) is 3.73. The predicted molar refractivity (Wildman–Crippen MR) is 92.6 cm³/mol. The van der Waals surface area contributed by atoms with E-state index in [9.17, 15) is 9.59 Å². The summed E-state index contributed by atoms with van der Waals surface area (Å²) in [6.07, 6.45) is 0. The quantitative estimate of drug-likeness (QED) is 0.766. The molecular formula is C17H15ClN4O2. The molecule has 3 rings (SSSR count). The van der Waals surface area contributed by atoms with Crippen molar-refractivity contribution >= 4 is 17.5 Å². The molecule has 0 radical (unpaired) electrons. The number of aryl methyl sites for hydroxylation is 1. The average molecular weight is 343 g/mol. The molecule has 0 unspecified atom stereocenters. The fourth-order valence-corrected chi connectivity index (χ4v) is 2.68. The van der Waals surface area contributed by atoms with Crippen LogP contribution in [0.3, 0.4) is 0 Å². The van der Waals surface area contributed by atoms with Crippen LogP contribution >= 0.6 is 11.6 Å². The third kappa shape index (κ3) is 2.72. The van der Waals surface area contributed by atoms with Crippen molar-refractivity contribution in [2.45, 2.75) is 13.8 Å². The number of hydrogen-bond donors (Lipinski definition) is 2. The highest BCUT2D eigenvalue weighted by Gasteiger charge is 2.17.